The molecule has 0 aromatic carbocycles. The minimum atomic E-state index is -0.316. The fraction of sp³-hybridized carbons (Fsp3) is 0.667. The summed E-state index contributed by atoms with van der Waals surface area (Å²) in [6.45, 7) is 1.90. The Labute approximate surface area is 88.5 Å². The van der Waals surface area contributed by atoms with Gasteiger partial charge in [0.05, 0.1) is 19.6 Å². The average molecular weight is 222 g/mol. The SMILES string of the molecule is CC(=O)OCC[CH]COC(=O)CCCl. The van der Waals surface area contributed by atoms with Gasteiger partial charge in [0.2, 0.25) is 0 Å². The van der Waals surface area contributed by atoms with Crippen LogP contribution in [0.5, 0.6) is 0 Å². The van der Waals surface area contributed by atoms with Gasteiger partial charge in [0.1, 0.15) is 0 Å². The molecule has 0 aromatic heterocycles. The van der Waals surface area contributed by atoms with E-state index in [-0.39, 0.29) is 30.8 Å². The van der Waals surface area contributed by atoms with E-state index < -0.39 is 0 Å². The van der Waals surface area contributed by atoms with Crippen LogP contribution in [0.15, 0.2) is 0 Å². The predicted octanol–water partition coefficient (Wildman–Crippen LogP) is 1.32. The van der Waals surface area contributed by atoms with Crippen molar-refractivity contribution in [2.75, 3.05) is 19.1 Å². The van der Waals surface area contributed by atoms with Crippen LogP contribution < -0.4 is 0 Å². The van der Waals surface area contributed by atoms with E-state index in [1.165, 1.54) is 6.92 Å². The zero-order valence-electron chi connectivity index (χ0n) is 8.12. The maximum Gasteiger partial charge on any atom is 0.307 e. The molecule has 0 aromatic rings. The number of halogens is 1. The molecule has 0 aliphatic carbocycles. The summed E-state index contributed by atoms with van der Waals surface area (Å²) in [6.07, 6.45) is 2.53. The summed E-state index contributed by atoms with van der Waals surface area (Å²) in [6, 6.07) is 0. The van der Waals surface area contributed by atoms with Crippen LogP contribution in [-0.4, -0.2) is 31.0 Å². The zero-order valence-corrected chi connectivity index (χ0v) is 8.88. The van der Waals surface area contributed by atoms with Gasteiger partial charge in [0, 0.05) is 19.2 Å². The van der Waals surface area contributed by atoms with Gasteiger partial charge in [-0.05, 0) is 6.42 Å². The maximum absolute atomic E-state index is 10.8. The normalized spacial score (nSPS) is 9.57. The molecule has 4 nitrogen and oxygen atoms in total. The van der Waals surface area contributed by atoms with E-state index in [1.54, 1.807) is 6.42 Å². The lowest BCUT2D eigenvalue weighted by atomic mass is 10.3. The summed E-state index contributed by atoms with van der Waals surface area (Å²) in [5.41, 5.74) is 0. The Bertz CT molecular complexity index is 182. The fourth-order valence-corrected chi connectivity index (χ4v) is 0.825. The molecule has 1 radical (unpaired) electrons. The Balaban J connectivity index is 3.13. The summed E-state index contributed by atoms with van der Waals surface area (Å²) in [7, 11) is 0. The van der Waals surface area contributed by atoms with Gasteiger partial charge in [0.25, 0.3) is 0 Å². The quantitative estimate of drug-likeness (QED) is 0.370. The van der Waals surface area contributed by atoms with Crippen molar-refractivity contribution < 1.29 is 19.1 Å². The van der Waals surface area contributed by atoms with E-state index in [0.29, 0.717) is 13.0 Å². The van der Waals surface area contributed by atoms with E-state index in [1.807, 2.05) is 0 Å². The summed E-state index contributed by atoms with van der Waals surface area (Å²) in [5.74, 6) is -0.354. The van der Waals surface area contributed by atoms with Crippen LogP contribution in [0.4, 0.5) is 0 Å². The second-order valence-electron chi connectivity index (χ2n) is 2.54. The van der Waals surface area contributed by atoms with Crippen molar-refractivity contribution in [3.63, 3.8) is 0 Å². The first-order chi connectivity index (χ1) is 6.66. The van der Waals surface area contributed by atoms with Crippen molar-refractivity contribution in [1.82, 2.24) is 0 Å². The smallest absolute Gasteiger partial charge is 0.307 e. The average Bonchev–Trinajstić information content (AvgIpc) is 2.11. The van der Waals surface area contributed by atoms with Crippen LogP contribution in [-0.2, 0) is 19.1 Å². The molecule has 0 heterocycles. The van der Waals surface area contributed by atoms with Crippen LogP contribution >= 0.6 is 11.6 Å². The second-order valence-corrected chi connectivity index (χ2v) is 2.92. The van der Waals surface area contributed by atoms with Gasteiger partial charge in [-0.15, -0.1) is 11.6 Å². The molecule has 14 heavy (non-hydrogen) atoms. The first-order valence-electron chi connectivity index (χ1n) is 4.33. The lowest BCUT2D eigenvalue weighted by Crippen LogP contribution is -2.08. The Morgan fingerprint density at radius 1 is 1.36 bits per heavy atom. The Morgan fingerprint density at radius 2 is 2.07 bits per heavy atom. The largest absolute Gasteiger partial charge is 0.466 e. The highest BCUT2D eigenvalue weighted by Crippen LogP contribution is 1.94. The van der Waals surface area contributed by atoms with Crippen LogP contribution in [0.3, 0.4) is 0 Å². The third-order valence-electron chi connectivity index (χ3n) is 1.29. The van der Waals surface area contributed by atoms with E-state index in [9.17, 15) is 9.59 Å². The highest BCUT2D eigenvalue weighted by Gasteiger charge is 2.00. The Morgan fingerprint density at radius 3 is 2.64 bits per heavy atom. The standard InChI is InChI=1S/C9H14ClO4/c1-8(11)13-6-2-3-7-14-9(12)4-5-10/h3H,2,4-7H2,1H3. The molecular weight excluding hydrogens is 208 g/mol. The van der Waals surface area contributed by atoms with Gasteiger partial charge in [-0.2, -0.15) is 0 Å². The second kappa shape index (κ2) is 8.81. The number of hydrogen-bond acceptors (Lipinski definition) is 4. The molecule has 0 atom stereocenters. The summed E-state index contributed by atoms with van der Waals surface area (Å²) in [4.78, 5) is 21.1. The molecule has 0 fully saturated rings. The maximum atomic E-state index is 10.8. The van der Waals surface area contributed by atoms with Crippen molar-refractivity contribution in [2.45, 2.75) is 19.8 Å². The lowest BCUT2D eigenvalue weighted by Gasteiger charge is -2.03. The third-order valence-corrected chi connectivity index (χ3v) is 1.48. The Hall–Kier alpha value is -0.770. The van der Waals surface area contributed by atoms with Gasteiger partial charge < -0.3 is 9.47 Å². The van der Waals surface area contributed by atoms with E-state index in [4.69, 9.17) is 16.3 Å². The molecule has 0 spiro atoms. The van der Waals surface area contributed by atoms with Crippen molar-refractivity contribution >= 4 is 23.5 Å². The minimum Gasteiger partial charge on any atom is -0.466 e. The highest BCUT2D eigenvalue weighted by molar-refractivity contribution is 6.18. The van der Waals surface area contributed by atoms with Crippen LogP contribution in [0.1, 0.15) is 19.8 Å². The van der Waals surface area contributed by atoms with Crippen molar-refractivity contribution in [1.29, 1.82) is 0 Å². The molecule has 0 aliphatic heterocycles. The van der Waals surface area contributed by atoms with Crippen LogP contribution in [0.25, 0.3) is 0 Å². The molecule has 0 bridgehead atoms. The van der Waals surface area contributed by atoms with Crippen LogP contribution in [0, 0.1) is 6.42 Å². The van der Waals surface area contributed by atoms with E-state index >= 15 is 0 Å². The number of ether oxygens (including phenoxy) is 2. The van der Waals surface area contributed by atoms with Gasteiger partial charge in [-0.3, -0.25) is 9.59 Å². The van der Waals surface area contributed by atoms with Crippen molar-refractivity contribution in [3.8, 4) is 0 Å². The molecule has 0 aliphatic rings. The van der Waals surface area contributed by atoms with Gasteiger partial charge in [0.15, 0.2) is 0 Å². The van der Waals surface area contributed by atoms with E-state index in [2.05, 4.69) is 4.74 Å². The lowest BCUT2D eigenvalue weighted by molar-refractivity contribution is -0.143. The summed E-state index contributed by atoms with van der Waals surface area (Å²) in [5, 5.41) is 0. The third kappa shape index (κ3) is 9.32. The molecule has 0 unspecified atom stereocenters. The zero-order chi connectivity index (χ0) is 10.8. The number of rotatable bonds is 7. The molecule has 81 valence electrons. The first kappa shape index (κ1) is 13.2. The predicted molar refractivity (Wildman–Crippen MR) is 51.8 cm³/mol. The molecule has 0 amide bonds. The summed E-state index contributed by atoms with van der Waals surface area (Å²) >= 11 is 5.33. The van der Waals surface area contributed by atoms with Gasteiger partial charge in [-0.1, -0.05) is 0 Å². The Kier molecular flexibility index (Phi) is 8.33. The highest BCUT2D eigenvalue weighted by atomic mass is 35.5. The molecular formula is C9H14ClO4. The molecule has 0 N–H and O–H groups in total. The number of unbranched alkanes of at least 4 members (excludes halogenated alkanes) is 1. The van der Waals surface area contributed by atoms with Gasteiger partial charge in [-0.25, -0.2) is 0 Å². The molecule has 0 saturated heterocycles. The first-order valence-corrected chi connectivity index (χ1v) is 4.87. The van der Waals surface area contributed by atoms with Crippen molar-refractivity contribution in [2.24, 2.45) is 0 Å². The number of carbonyl (C=O) groups excluding carboxylic acids is 2. The minimum absolute atomic E-state index is 0.222. The van der Waals surface area contributed by atoms with Gasteiger partial charge >= 0.3 is 11.9 Å². The topological polar surface area (TPSA) is 52.6 Å². The molecule has 0 saturated carbocycles. The van der Waals surface area contributed by atoms with Crippen LogP contribution in [0.2, 0.25) is 0 Å². The monoisotopic (exact) mass is 221 g/mol. The summed E-state index contributed by atoms with van der Waals surface area (Å²) < 4.78 is 9.43. The molecule has 0 rings (SSSR count). The number of carbonyl (C=O) groups is 2. The number of esters is 2. The number of alkyl halides is 1. The molecule has 5 heteroatoms. The van der Waals surface area contributed by atoms with Crippen molar-refractivity contribution in [3.05, 3.63) is 6.42 Å². The number of hydrogen-bond donors (Lipinski definition) is 0. The fourth-order valence-electron chi connectivity index (χ4n) is 0.671. The van der Waals surface area contributed by atoms with E-state index in [0.717, 1.165) is 0 Å².